The van der Waals surface area contributed by atoms with Gasteiger partial charge in [0.2, 0.25) is 0 Å². The Bertz CT molecular complexity index is 1910. The summed E-state index contributed by atoms with van der Waals surface area (Å²) < 4.78 is 45.3. The lowest BCUT2D eigenvalue weighted by atomic mass is 9.92. The van der Waals surface area contributed by atoms with Crippen LogP contribution in [0, 0.1) is 0 Å². The molecule has 0 aromatic heterocycles. The third-order valence-corrected chi connectivity index (χ3v) is 11.0. The van der Waals surface area contributed by atoms with Crippen molar-refractivity contribution in [2.75, 3.05) is 13.2 Å². The Morgan fingerprint density at radius 1 is 0.686 bits per heavy atom. The van der Waals surface area contributed by atoms with E-state index in [0.29, 0.717) is 35.8 Å². The Morgan fingerprint density at radius 2 is 1.43 bits per heavy atom. The van der Waals surface area contributed by atoms with Crippen LogP contribution in [0.25, 0.3) is 11.1 Å². The second-order valence-electron chi connectivity index (χ2n) is 12.5. The van der Waals surface area contributed by atoms with Crippen LogP contribution in [-0.2, 0) is 21.5 Å². The molecule has 0 spiro atoms. The van der Waals surface area contributed by atoms with E-state index in [1.807, 2.05) is 78.9 Å². The summed E-state index contributed by atoms with van der Waals surface area (Å²) in [4.78, 5) is 1.42. The number of aliphatic hydroxyl groups is 1. The van der Waals surface area contributed by atoms with Crippen molar-refractivity contribution in [3.05, 3.63) is 138 Å². The van der Waals surface area contributed by atoms with Crippen molar-refractivity contribution in [3.63, 3.8) is 0 Å². The summed E-state index contributed by atoms with van der Waals surface area (Å²) in [7, 11) is -4.25. The normalized spacial score (nSPS) is 12.1. The molecule has 1 unspecified atom stereocenters. The van der Waals surface area contributed by atoms with Gasteiger partial charge in [-0.1, -0.05) is 131 Å². The number of para-hydroxylation sites is 1. The molecule has 5 rings (SSSR count). The number of unbranched alkanes of at least 4 members (excludes halogenated alkanes) is 5. The van der Waals surface area contributed by atoms with Gasteiger partial charge in [0.05, 0.1) is 13.2 Å². The van der Waals surface area contributed by atoms with Crippen molar-refractivity contribution in [2.24, 2.45) is 0 Å². The number of hydrogen-bond acceptors (Lipinski definition) is 7. The first kappa shape index (κ1) is 38.2. The van der Waals surface area contributed by atoms with Crippen LogP contribution in [0.5, 0.6) is 11.5 Å². The number of rotatable bonds is 20. The van der Waals surface area contributed by atoms with Crippen molar-refractivity contribution in [3.8, 4) is 22.6 Å². The zero-order chi connectivity index (χ0) is 35.9. The van der Waals surface area contributed by atoms with Crippen molar-refractivity contribution in [1.82, 2.24) is 0 Å². The van der Waals surface area contributed by atoms with Crippen molar-refractivity contribution >= 4 is 21.9 Å². The molecule has 0 heterocycles. The van der Waals surface area contributed by atoms with Crippen molar-refractivity contribution < 1.29 is 27.2 Å². The number of ether oxygens (including phenoxy) is 2. The smallest absolute Gasteiger partial charge is 0.340 e. The molecule has 5 aromatic carbocycles. The van der Waals surface area contributed by atoms with Gasteiger partial charge in [-0.25, -0.2) is 0 Å². The van der Waals surface area contributed by atoms with Crippen LogP contribution in [-0.4, -0.2) is 26.7 Å². The molecule has 268 valence electrons. The monoisotopic (exact) mass is 724 g/mol. The molecule has 0 aliphatic carbocycles. The highest BCUT2D eigenvalue weighted by molar-refractivity contribution is 8.00. The van der Waals surface area contributed by atoms with E-state index in [2.05, 4.69) is 13.8 Å². The third kappa shape index (κ3) is 11.2. The van der Waals surface area contributed by atoms with Gasteiger partial charge in [-0.2, -0.15) is 8.42 Å². The van der Waals surface area contributed by atoms with E-state index in [-0.39, 0.29) is 10.6 Å². The molecule has 1 atom stereocenters. The summed E-state index contributed by atoms with van der Waals surface area (Å²) in [5.41, 5.74) is 3.76. The standard InChI is InChI=1S/C43H48O6S2/c1-3-5-7-8-14-28-47-32-33-16-15-17-35(30-33)43(44)40-21-13-12-20-39(40)34-22-27-41(50-38-25-23-36(24-26-38)48-29-6-4-2)42(31-34)51(45,46)49-37-18-10-9-11-19-37/h9-13,15-27,30-31,43-44H,3-8,14,28-29,32H2,1-2H3. The van der Waals surface area contributed by atoms with Gasteiger partial charge in [-0.15, -0.1) is 0 Å². The van der Waals surface area contributed by atoms with E-state index in [1.54, 1.807) is 42.5 Å². The fraction of sp³-hybridized carbons (Fsp3) is 0.302. The maximum Gasteiger partial charge on any atom is 0.340 e. The summed E-state index contributed by atoms with van der Waals surface area (Å²) in [6.07, 6.45) is 7.02. The van der Waals surface area contributed by atoms with E-state index in [9.17, 15) is 13.5 Å². The van der Waals surface area contributed by atoms with Gasteiger partial charge < -0.3 is 18.8 Å². The van der Waals surface area contributed by atoms with Crippen molar-refractivity contribution in [1.29, 1.82) is 0 Å². The van der Waals surface area contributed by atoms with E-state index >= 15 is 0 Å². The van der Waals surface area contributed by atoms with Crippen LogP contribution < -0.4 is 8.92 Å². The highest BCUT2D eigenvalue weighted by atomic mass is 32.2. The SMILES string of the molecule is CCCCCCCOCc1cccc(C(O)c2ccccc2-c2ccc(Sc3ccc(OCCCC)cc3)c(S(=O)(=O)Oc3ccccc3)c2)c1. The second kappa shape index (κ2) is 19.5. The molecule has 1 N–H and O–H groups in total. The summed E-state index contributed by atoms with van der Waals surface area (Å²) in [6, 6.07) is 36.8. The van der Waals surface area contributed by atoms with Gasteiger partial charge in [-0.05, 0) is 89.2 Å². The van der Waals surface area contributed by atoms with Crippen molar-refractivity contribution in [2.45, 2.75) is 86.2 Å². The minimum Gasteiger partial charge on any atom is -0.494 e. The zero-order valence-corrected chi connectivity index (χ0v) is 31.1. The first-order chi connectivity index (χ1) is 24.9. The molecular formula is C43H48O6S2. The van der Waals surface area contributed by atoms with Crippen LogP contribution >= 0.6 is 11.8 Å². The molecule has 0 radical (unpaired) electrons. The van der Waals surface area contributed by atoms with E-state index in [0.717, 1.165) is 46.6 Å². The van der Waals surface area contributed by atoms with Gasteiger partial charge in [0.15, 0.2) is 0 Å². The Balaban J connectivity index is 1.42. The highest BCUT2D eigenvalue weighted by Crippen LogP contribution is 2.39. The summed E-state index contributed by atoms with van der Waals surface area (Å²) in [5.74, 6) is 0.998. The maximum atomic E-state index is 13.9. The first-order valence-corrected chi connectivity index (χ1v) is 20.1. The molecule has 0 saturated carbocycles. The lowest BCUT2D eigenvalue weighted by molar-refractivity contribution is 0.116. The molecule has 6 nitrogen and oxygen atoms in total. The van der Waals surface area contributed by atoms with Crippen LogP contribution in [0.4, 0.5) is 0 Å². The molecule has 0 amide bonds. The Kier molecular flexibility index (Phi) is 14.6. The van der Waals surface area contributed by atoms with Crippen LogP contribution in [0.15, 0.2) is 136 Å². The van der Waals surface area contributed by atoms with E-state index < -0.39 is 16.2 Å². The largest absolute Gasteiger partial charge is 0.494 e. The molecule has 5 aromatic rings. The molecule has 0 fully saturated rings. The van der Waals surface area contributed by atoms with E-state index in [1.165, 1.54) is 37.4 Å². The van der Waals surface area contributed by atoms with Gasteiger partial charge in [0, 0.05) is 16.4 Å². The van der Waals surface area contributed by atoms with E-state index in [4.69, 9.17) is 13.7 Å². The Hall–Kier alpha value is -4.08. The predicted molar refractivity (Wildman–Crippen MR) is 206 cm³/mol. The van der Waals surface area contributed by atoms with Gasteiger partial charge >= 0.3 is 10.1 Å². The van der Waals surface area contributed by atoms with Gasteiger partial charge in [0.1, 0.15) is 22.5 Å². The average Bonchev–Trinajstić information content (AvgIpc) is 3.15. The highest BCUT2D eigenvalue weighted by Gasteiger charge is 2.24. The lowest BCUT2D eigenvalue weighted by Crippen LogP contribution is -2.11. The third-order valence-electron chi connectivity index (χ3n) is 8.47. The summed E-state index contributed by atoms with van der Waals surface area (Å²) in [6.45, 7) is 6.17. The fourth-order valence-electron chi connectivity index (χ4n) is 5.70. The lowest BCUT2D eigenvalue weighted by Gasteiger charge is -2.19. The fourth-order valence-corrected chi connectivity index (χ4v) is 7.99. The topological polar surface area (TPSA) is 82.1 Å². The number of benzene rings is 5. The summed E-state index contributed by atoms with van der Waals surface area (Å²) >= 11 is 1.34. The average molecular weight is 725 g/mol. The molecule has 8 heteroatoms. The minimum absolute atomic E-state index is 0.0373. The van der Waals surface area contributed by atoms with Crippen LogP contribution in [0.3, 0.4) is 0 Å². The number of aliphatic hydroxyl groups excluding tert-OH is 1. The van der Waals surface area contributed by atoms with Gasteiger partial charge in [0.25, 0.3) is 0 Å². The number of hydrogen-bond donors (Lipinski definition) is 1. The molecular weight excluding hydrogens is 677 g/mol. The predicted octanol–water partition coefficient (Wildman–Crippen LogP) is 11.0. The molecule has 51 heavy (non-hydrogen) atoms. The minimum atomic E-state index is -4.25. The molecule has 0 aliphatic rings. The molecule has 0 saturated heterocycles. The molecule has 0 bridgehead atoms. The summed E-state index contributed by atoms with van der Waals surface area (Å²) in [5, 5.41) is 11.7. The second-order valence-corrected chi connectivity index (χ2v) is 15.1. The Labute approximate surface area is 307 Å². The van der Waals surface area contributed by atoms with Gasteiger partial charge in [-0.3, -0.25) is 0 Å². The quantitative estimate of drug-likeness (QED) is 0.0632. The van der Waals surface area contributed by atoms with Crippen LogP contribution in [0.2, 0.25) is 0 Å². The van der Waals surface area contributed by atoms with Crippen LogP contribution in [0.1, 0.15) is 81.6 Å². The first-order valence-electron chi connectivity index (χ1n) is 17.9. The molecule has 0 aliphatic heterocycles. The zero-order valence-electron chi connectivity index (χ0n) is 29.5. The Morgan fingerprint density at radius 3 is 2.22 bits per heavy atom. The maximum absolute atomic E-state index is 13.9.